The minimum absolute atomic E-state index is 0.405. The van der Waals surface area contributed by atoms with Crippen LogP contribution in [0.3, 0.4) is 0 Å². The molecule has 2 N–H and O–H groups in total. The number of hydrogen-bond acceptors (Lipinski definition) is 8. The van der Waals surface area contributed by atoms with Crippen LogP contribution < -0.4 is 15.5 Å². The van der Waals surface area contributed by atoms with Crippen molar-refractivity contribution < 1.29 is 0 Å². The van der Waals surface area contributed by atoms with Crippen molar-refractivity contribution in [3.8, 4) is 6.07 Å². The van der Waals surface area contributed by atoms with Crippen molar-refractivity contribution in [1.29, 1.82) is 5.26 Å². The van der Waals surface area contributed by atoms with E-state index in [2.05, 4.69) is 33.2 Å². The molecule has 202 valence electrons. The predicted molar refractivity (Wildman–Crippen MR) is 159 cm³/mol. The molecule has 1 aliphatic carbocycles. The Labute approximate surface area is 240 Å². The molecule has 2 aliphatic rings. The third kappa shape index (κ3) is 6.38. The smallest absolute Gasteiger partial charge is 0.147 e. The number of hydrogen-bond donors (Lipinski definition) is 2. The summed E-state index contributed by atoms with van der Waals surface area (Å²) in [5.74, 6) is 0.958. The van der Waals surface area contributed by atoms with Crippen molar-refractivity contribution >= 4 is 40.4 Å². The lowest BCUT2D eigenvalue weighted by molar-refractivity contribution is 0.226. The fourth-order valence-electron chi connectivity index (χ4n) is 5.75. The molecule has 5 rings (SSSR count). The standard InChI is InChI=1S/C30H34ClN7S/c1-21(17-34-18-22-7-12-35-23(15-22)16-32)28-24(33-2)5-6-25(29(28)31)39-27-20-36-26(19-37-27)38-13-10-30(11-14-38)8-3-4-9-30/h5-7,12,15,19-20,33-34H,1,3-4,8-11,13-14,17-18H2,2H3. The second kappa shape index (κ2) is 12.4. The summed E-state index contributed by atoms with van der Waals surface area (Å²) in [7, 11) is 1.88. The zero-order valence-corrected chi connectivity index (χ0v) is 23.9. The van der Waals surface area contributed by atoms with Gasteiger partial charge in [-0.2, -0.15) is 5.26 Å². The maximum atomic E-state index is 9.07. The maximum absolute atomic E-state index is 9.07. The molecule has 1 saturated carbocycles. The number of nitriles is 1. The molecule has 9 heteroatoms. The topological polar surface area (TPSA) is 89.8 Å². The van der Waals surface area contributed by atoms with Gasteiger partial charge in [-0.1, -0.05) is 42.8 Å². The van der Waals surface area contributed by atoms with Gasteiger partial charge in [-0.25, -0.2) is 15.0 Å². The van der Waals surface area contributed by atoms with E-state index in [0.29, 0.717) is 29.2 Å². The lowest BCUT2D eigenvalue weighted by atomic mass is 9.77. The number of rotatable bonds is 9. The van der Waals surface area contributed by atoms with Gasteiger partial charge >= 0.3 is 0 Å². The zero-order chi connectivity index (χ0) is 27.2. The van der Waals surface area contributed by atoms with Crippen LogP contribution in [0.5, 0.6) is 0 Å². The van der Waals surface area contributed by atoms with Crippen LogP contribution in [0.1, 0.15) is 55.3 Å². The number of nitrogens with zero attached hydrogens (tertiary/aromatic N) is 5. The molecule has 2 aromatic heterocycles. The van der Waals surface area contributed by atoms with Crippen LogP contribution in [0, 0.1) is 16.7 Å². The molecule has 1 saturated heterocycles. The van der Waals surface area contributed by atoms with Gasteiger partial charge in [-0.3, -0.25) is 0 Å². The summed E-state index contributed by atoms with van der Waals surface area (Å²) in [6.45, 7) is 7.57. The van der Waals surface area contributed by atoms with E-state index in [1.54, 1.807) is 12.3 Å². The predicted octanol–water partition coefficient (Wildman–Crippen LogP) is 6.55. The Kier molecular flexibility index (Phi) is 8.71. The highest BCUT2D eigenvalue weighted by molar-refractivity contribution is 7.99. The largest absolute Gasteiger partial charge is 0.388 e. The van der Waals surface area contributed by atoms with Crippen LogP contribution in [0.4, 0.5) is 11.5 Å². The van der Waals surface area contributed by atoms with E-state index in [0.717, 1.165) is 51.2 Å². The average Bonchev–Trinajstić information content (AvgIpc) is 3.42. The number of aromatic nitrogens is 3. The van der Waals surface area contributed by atoms with E-state index in [-0.39, 0.29) is 0 Å². The van der Waals surface area contributed by atoms with Gasteiger partial charge < -0.3 is 15.5 Å². The molecule has 1 spiro atoms. The lowest BCUT2D eigenvalue weighted by Crippen LogP contribution is -2.39. The van der Waals surface area contributed by atoms with E-state index in [1.807, 2.05) is 37.6 Å². The molecular weight excluding hydrogens is 526 g/mol. The maximum Gasteiger partial charge on any atom is 0.147 e. The first kappa shape index (κ1) is 27.4. The fourth-order valence-corrected chi connectivity index (χ4v) is 6.93. The van der Waals surface area contributed by atoms with Crippen molar-refractivity contribution in [3.63, 3.8) is 0 Å². The zero-order valence-electron chi connectivity index (χ0n) is 22.3. The number of anilines is 2. The summed E-state index contributed by atoms with van der Waals surface area (Å²) in [5.41, 5.74) is 4.65. The molecule has 0 atom stereocenters. The van der Waals surface area contributed by atoms with E-state index < -0.39 is 0 Å². The van der Waals surface area contributed by atoms with Gasteiger partial charge in [0.25, 0.3) is 0 Å². The Bertz CT molecular complexity index is 1350. The fraction of sp³-hybridized carbons (Fsp3) is 0.400. The van der Waals surface area contributed by atoms with Crippen molar-refractivity contribution in [3.05, 3.63) is 71.3 Å². The van der Waals surface area contributed by atoms with Crippen molar-refractivity contribution in [1.82, 2.24) is 20.3 Å². The van der Waals surface area contributed by atoms with Crippen LogP contribution >= 0.6 is 23.4 Å². The Morgan fingerprint density at radius 1 is 1.13 bits per heavy atom. The molecule has 3 aromatic rings. The summed E-state index contributed by atoms with van der Waals surface area (Å²) < 4.78 is 0. The van der Waals surface area contributed by atoms with Crippen LogP contribution in [0.2, 0.25) is 5.02 Å². The number of benzene rings is 1. The molecule has 1 aromatic carbocycles. The highest BCUT2D eigenvalue weighted by atomic mass is 35.5. The SMILES string of the molecule is C=C(CNCc1ccnc(C#N)c1)c1c(NC)ccc(Sc2cnc(N3CCC4(CCCC4)CC3)cn2)c1Cl. The van der Waals surface area contributed by atoms with E-state index in [9.17, 15) is 0 Å². The van der Waals surface area contributed by atoms with Crippen LogP contribution in [0.25, 0.3) is 5.57 Å². The van der Waals surface area contributed by atoms with Gasteiger partial charge in [0.05, 0.1) is 17.4 Å². The molecule has 0 unspecified atom stereocenters. The Morgan fingerprint density at radius 3 is 2.62 bits per heavy atom. The molecule has 0 radical (unpaired) electrons. The number of pyridine rings is 1. The summed E-state index contributed by atoms with van der Waals surface area (Å²) >= 11 is 8.44. The van der Waals surface area contributed by atoms with E-state index in [1.165, 1.54) is 50.3 Å². The van der Waals surface area contributed by atoms with Crippen molar-refractivity contribution in [2.45, 2.75) is 55.0 Å². The number of piperidine rings is 1. The quantitative estimate of drug-likeness (QED) is 0.305. The molecular formula is C30H34ClN7S. The van der Waals surface area contributed by atoms with Gasteiger partial charge in [0.1, 0.15) is 22.6 Å². The van der Waals surface area contributed by atoms with Crippen LogP contribution in [0.15, 0.2) is 59.4 Å². The Hall–Kier alpha value is -3.12. The number of nitrogens with one attached hydrogen (secondary N) is 2. The molecule has 0 bridgehead atoms. The highest BCUT2D eigenvalue weighted by Gasteiger charge is 2.37. The molecule has 7 nitrogen and oxygen atoms in total. The molecule has 3 heterocycles. The molecule has 2 fully saturated rings. The average molecular weight is 560 g/mol. The minimum Gasteiger partial charge on any atom is -0.388 e. The second-order valence-electron chi connectivity index (χ2n) is 10.4. The summed E-state index contributed by atoms with van der Waals surface area (Å²) in [6, 6.07) is 9.77. The normalized spacial score (nSPS) is 16.3. The first-order chi connectivity index (χ1) is 19.0. The van der Waals surface area contributed by atoms with Gasteiger partial charge in [-0.05, 0) is 66.5 Å². The molecule has 0 amide bonds. The summed E-state index contributed by atoms with van der Waals surface area (Å²) in [6.07, 6.45) is 13.5. The van der Waals surface area contributed by atoms with Crippen molar-refractivity contribution in [2.24, 2.45) is 5.41 Å². The Morgan fingerprint density at radius 2 is 1.92 bits per heavy atom. The summed E-state index contributed by atoms with van der Waals surface area (Å²) in [4.78, 5) is 16.8. The van der Waals surface area contributed by atoms with Crippen molar-refractivity contribution in [2.75, 3.05) is 36.9 Å². The Balaban J connectivity index is 1.23. The van der Waals surface area contributed by atoms with Gasteiger partial charge in [0.2, 0.25) is 0 Å². The lowest BCUT2D eigenvalue weighted by Gasteiger charge is -2.39. The third-order valence-corrected chi connectivity index (χ3v) is 9.46. The first-order valence-corrected chi connectivity index (χ1v) is 14.7. The van der Waals surface area contributed by atoms with Crippen LogP contribution in [-0.4, -0.2) is 41.6 Å². The minimum atomic E-state index is 0.405. The molecule has 1 aliphatic heterocycles. The van der Waals surface area contributed by atoms with Crippen LogP contribution in [-0.2, 0) is 6.54 Å². The second-order valence-corrected chi connectivity index (χ2v) is 11.9. The summed E-state index contributed by atoms with van der Waals surface area (Å²) in [5, 5.41) is 17.1. The van der Waals surface area contributed by atoms with Gasteiger partial charge in [0.15, 0.2) is 0 Å². The van der Waals surface area contributed by atoms with E-state index in [4.69, 9.17) is 26.8 Å². The third-order valence-electron chi connectivity index (χ3n) is 7.98. The first-order valence-electron chi connectivity index (χ1n) is 13.5. The highest BCUT2D eigenvalue weighted by Crippen LogP contribution is 2.46. The van der Waals surface area contributed by atoms with Gasteiger partial charge in [0, 0.05) is 55.6 Å². The van der Waals surface area contributed by atoms with E-state index >= 15 is 0 Å². The number of halogens is 1. The molecule has 39 heavy (non-hydrogen) atoms. The van der Waals surface area contributed by atoms with Gasteiger partial charge in [-0.15, -0.1) is 0 Å². The monoisotopic (exact) mass is 559 g/mol.